The topological polar surface area (TPSA) is 81.5 Å². The zero-order valence-corrected chi connectivity index (χ0v) is 12.1. The maximum absolute atomic E-state index is 12.3. The number of imidazole rings is 1. The molecule has 3 heterocycles. The molecule has 2 aliphatic heterocycles. The van der Waals surface area contributed by atoms with E-state index in [0.29, 0.717) is 24.4 Å². The summed E-state index contributed by atoms with van der Waals surface area (Å²) in [6, 6.07) is 6.41. The smallest absolute Gasteiger partial charge is 0.335 e. The Hall–Kier alpha value is -2.96. The number of hydrogen-bond acceptors (Lipinski definition) is 5. The Labute approximate surface area is 131 Å². The third kappa shape index (κ3) is 2.12. The van der Waals surface area contributed by atoms with E-state index in [1.165, 1.54) is 0 Å². The summed E-state index contributed by atoms with van der Waals surface area (Å²) in [5, 5.41) is 0.564. The van der Waals surface area contributed by atoms with Crippen molar-refractivity contribution in [1.29, 1.82) is 0 Å². The molecule has 1 unspecified atom stereocenters. The van der Waals surface area contributed by atoms with Crippen molar-refractivity contribution in [3.8, 4) is 0 Å². The van der Waals surface area contributed by atoms with Gasteiger partial charge in [0.15, 0.2) is 0 Å². The summed E-state index contributed by atoms with van der Waals surface area (Å²) in [4.78, 5) is 46.0. The number of hydrogen-bond donors (Lipinski definition) is 0. The van der Waals surface area contributed by atoms with Crippen LogP contribution in [0.5, 0.6) is 0 Å². The van der Waals surface area contributed by atoms with E-state index in [2.05, 4.69) is 4.98 Å². The van der Waals surface area contributed by atoms with Crippen LogP contribution in [0.15, 0.2) is 36.7 Å². The molecular weight excluding hydrogens is 298 g/mol. The summed E-state index contributed by atoms with van der Waals surface area (Å²) in [5.74, 6) is -1.38. The third-order valence-corrected chi connectivity index (χ3v) is 4.22. The van der Waals surface area contributed by atoms with E-state index in [9.17, 15) is 14.4 Å². The van der Waals surface area contributed by atoms with Crippen molar-refractivity contribution in [3.63, 3.8) is 0 Å². The molecule has 2 aromatic rings. The quantitative estimate of drug-likeness (QED) is 0.778. The van der Waals surface area contributed by atoms with Crippen LogP contribution in [-0.4, -0.2) is 32.4 Å². The van der Waals surface area contributed by atoms with Crippen molar-refractivity contribution in [2.24, 2.45) is 5.92 Å². The Bertz CT molecular complexity index is 791. The number of hydroxylamine groups is 2. The highest BCUT2D eigenvalue weighted by Crippen LogP contribution is 2.25. The van der Waals surface area contributed by atoms with Gasteiger partial charge >= 0.3 is 5.97 Å². The van der Waals surface area contributed by atoms with Crippen LogP contribution in [-0.2, 0) is 22.6 Å². The first-order valence-corrected chi connectivity index (χ1v) is 7.35. The number of carbonyl (C=O) groups excluding carboxylic acids is 3. The van der Waals surface area contributed by atoms with Gasteiger partial charge in [-0.25, -0.2) is 9.78 Å². The lowest BCUT2D eigenvalue weighted by molar-refractivity contribution is -0.174. The molecule has 7 heteroatoms. The summed E-state index contributed by atoms with van der Waals surface area (Å²) in [6.07, 6.45) is 4.58. The predicted octanol–water partition coefficient (Wildman–Crippen LogP) is 1.20. The van der Waals surface area contributed by atoms with E-state index in [1.807, 2.05) is 10.8 Å². The number of rotatable bonds is 2. The van der Waals surface area contributed by atoms with Crippen LogP contribution in [0.4, 0.5) is 0 Å². The molecule has 1 aromatic heterocycles. The molecule has 116 valence electrons. The number of aryl methyl sites for hydroxylation is 1. The molecule has 2 aliphatic rings. The monoisotopic (exact) mass is 311 g/mol. The summed E-state index contributed by atoms with van der Waals surface area (Å²) < 4.78 is 1.98. The third-order valence-electron chi connectivity index (χ3n) is 4.22. The Balaban J connectivity index is 1.50. The number of amides is 2. The highest BCUT2D eigenvalue weighted by molar-refractivity contribution is 6.20. The van der Waals surface area contributed by atoms with Crippen LogP contribution < -0.4 is 0 Å². The lowest BCUT2D eigenvalue weighted by Crippen LogP contribution is -2.37. The Morgan fingerprint density at radius 2 is 1.87 bits per heavy atom. The van der Waals surface area contributed by atoms with Crippen molar-refractivity contribution in [2.75, 3.05) is 0 Å². The van der Waals surface area contributed by atoms with Crippen LogP contribution in [0, 0.1) is 5.92 Å². The summed E-state index contributed by atoms with van der Waals surface area (Å²) >= 11 is 0. The molecule has 1 atom stereocenters. The molecule has 0 bridgehead atoms. The molecule has 0 spiro atoms. The van der Waals surface area contributed by atoms with Crippen molar-refractivity contribution in [1.82, 2.24) is 14.6 Å². The van der Waals surface area contributed by atoms with Crippen LogP contribution in [0.1, 0.15) is 33.0 Å². The van der Waals surface area contributed by atoms with E-state index in [1.54, 1.807) is 30.5 Å². The molecule has 0 saturated carbocycles. The van der Waals surface area contributed by atoms with Gasteiger partial charge in [-0.1, -0.05) is 17.2 Å². The molecule has 2 amide bonds. The molecule has 4 rings (SSSR count). The average Bonchev–Trinajstić information content (AvgIpc) is 3.13. The van der Waals surface area contributed by atoms with Crippen molar-refractivity contribution in [2.45, 2.75) is 19.4 Å². The first-order valence-electron chi connectivity index (χ1n) is 7.35. The van der Waals surface area contributed by atoms with Gasteiger partial charge in [0, 0.05) is 25.4 Å². The maximum atomic E-state index is 12.3. The first kappa shape index (κ1) is 13.7. The summed E-state index contributed by atoms with van der Waals surface area (Å²) in [5.41, 5.74) is 0.508. The van der Waals surface area contributed by atoms with Crippen LogP contribution in [0.3, 0.4) is 0 Å². The molecule has 7 nitrogen and oxygen atoms in total. The number of aromatic nitrogens is 2. The number of fused-ring (bicyclic) bond motifs is 2. The fourth-order valence-corrected chi connectivity index (χ4v) is 2.97. The minimum Gasteiger partial charge on any atom is -0.335 e. The van der Waals surface area contributed by atoms with E-state index in [-0.39, 0.29) is 11.1 Å². The van der Waals surface area contributed by atoms with Crippen LogP contribution in [0.2, 0.25) is 0 Å². The molecule has 0 N–H and O–H groups in total. The van der Waals surface area contributed by atoms with Gasteiger partial charge in [-0.3, -0.25) is 9.59 Å². The van der Waals surface area contributed by atoms with Crippen LogP contribution in [0.25, 0.3) is 0 Å². The van der Waals surface area contributed by atoms with E-state index >= 15 is 0 Å². The van der Waals surface area contributed by atoms with Crippen LogP contribution >= 0.6 is 0 Å². The molecule has 1 aromatic carbocycles. The second-order valence-corrected chi connectivity index (χ2v) is 5.59. The molecular formula is C16H13N3O4. The van der Waals surface area contributed by atoms with Gasteiger partial charge < -0.3 is 9.40 Å². The SMILES string of the molecule is O=C(ON1C(=O)c2ccccc2C1=O)C1CCn2ccnc2C1. The average molecular weight is 311 g/mol. The predicted molar refractivity (Wildman–Crippen MR) is 77.1 cm³/mol. The first-order chi connectivity index (χ1) is 11.1. The highest BCUT2D eigenvalue weighted by atomic mass is 16.7. The second kappa shape index (κ2) is 5.05. The summed E-state index contributed by atoms with van der Waals surface area (Å²) in [6.45, 7) is 0.664. The summed E-state index contributed by atoms with van der Waals surface area (Å²) in [7, 11) is 0. The number of nitrogens with zero attached hydrogens (tertiary/aromatic N) is 3. The van der Waals surface area contributed by atoms with E-state index in [0.717, 1.165) is 5.82 Å². The number of benzene rings is 1. The Kier molecular flexibility index (Phi) is 3.00. The molecule has 0 saturated heterocycles. The molecule has 0 aliphatic carbocycles. The molecule has 23 heavy (non-hydrogen) atoms. The van der Waals surface area contributed by atoms with Gasteiger partial charge in [0.1, 0.15) is 5.82 Å². The Morgan fingerprint density at radius 3 is 2.57 bits per heavy atom. The van der Waals surface area contributed by atoms with Gasteiger partial charge in [-0.05, 0) is 18.6 Å². The van der Waals surface area contributed by atoms with Crippen molar-refractivity contribution in [3.05, 3.63) is 53.6 Å². The fraction of sp³-hybridized carbons (Fsp3) is 0.250. The fourth-order valence-electron chi connectivity index (χ4n) is 2.97. The van der Waals surface area contributed by atoms with Gasteiger partial charge in [-0.2, -0.15) is 0 Å². The van der Waals surface area contributed by atoms with Gasteiger partial charge in [-0.15, -0.1) is 0 Å². The second-order valence-electron chi connectivity index (χ2n) is 5.59. The zero-order valence-electron chi connectivity index (χ0n) is 12.1. The highest BCUT2D eigenvalue weighted by Gasteiger charge is 2.40. The lowest BCUT2D eigenvalue weighted by Gasteiger charge is -2.23. The maximum Gasteiger partial charge on any atom is 0.336 e. The normalized spacial score (nSPS) is 19.5. The zero-order chi connectivity index (χ0) is 16.0. The van der Waals surface area contributed by atoms with E-state index in [4.69, 9.17) is 4.84 Å². The largest absolute Gasteiger partial charge is 0.336 e. The van der Waals surface area contributed by atoms with Gasteiger partial charge in [0.2, 0.25) is 0 Å². The molecule has 0 radical (unpaired) electrons. The van der Waals surface area contributed by atoms with E-state index < -0.39 is 23.7 Å². The van der Waals surface area contributed by atoms with Gasteiger partial charge in [0.25, 0.3) is 11.8 Å². The van der Waals surface area contributed by atoms with Gasteiger partial charge in [0.05, 0.1) is 17.0 Å². The van der Waals surface area contributed by atoms with Crippen molar-refractivity contribution < 1.29 is 19.2 Å². The minimum atomic E-state index is -0.601. The molecule has 0 fully saturated rings. The Morgan fingerprint density at radius 1 is 1.17 bits per heavy atom. The van der Waals surface area contributed by atoms with Crippen molar-refractivity contribution >= 4 is 17.8 Å². The number of carbonyl (C=O) groups is 3. The standard InChI is InChI=1S/C16H13N3O4/c20-14-11-3-1-2-4-12(11)15(21)19(14)23-16(22)10-5-7-18-8-6-17-13(18)9-10/h1-4,6,8,10H,5,7,9H2. The minimum absolute atomic E-state index is 0.254. The lowest BCUT2D eigenvalue weighted by atomic mass is 9.98. The number of imide groups is 1.